The second-order valence-corrected chi connectivity index (χ2v) is 7.10. The molecule has 1 atom stereocenters. The molecule has 7 heteroatoms. The summed E-state index contributed by atoms with van der Waals surface area (Å²) in [5.74, 6) is 1.27. The molecule has 0 aliphatic rings. The Balaban J connectivity index is 1.61. The molecule has 1 aromatic carbocycles. The number of aromatic nitrogens is 2. The maximum Gasteiger partial charge on any atom is 0.287 e. The van der Waals surface area contributed by atoms with Crippen molar-refractivity contribution in [2.45, 2.75) is 46.9 Å². The minimum absolute atomic E-state index is 0.172. The normalized spacial score (nSPS) is 12.0. The summed E-state index contributed by atoms with van der Waals surface area (Å²) in [6, 6.07) is 8.64. The number of halogens is 1. The van der Waals surface area contributed by atoms with E-state index in [4.69, 9.17) is 20.8 Å². The number of hydrogen-bond donors (Lipinski definition) is 1. The van der Waals surface area contributed by atoms with Crippen molar-refractivity contribution < 1.29 is 13.9 Å². The van der Waals surface area contributed by atoms with E-state index < -0.39 is 0 Å². The fraction of sp³-hybridized carbons (Fsp3) is 0.333. The summed E-state index contributed by atoms with van der Waals surface area (Å²) >= 11 is 5.95. The summed E-state index contributed by atoms with van der Waals surface area (Å²) in [5, 5.41) is 7.94. The number of hydrogen-bond acceptors (Lipinski definition) is 4. The van der Waals surface area contributed by atoms with Crippen LogP contribution in [0.5, 0.6) is 5.75 Å². The van der Waals surface area contributed by atoms with Crippen molar-refractivity contribution in [2.24, 2.45) is 0 Å². The molecule has 3 rings (SSSR count). The molecule has 1 N–H and O–H groups in total. The summed E-state index contributed by atoms with van der Waals surface area (Å²) in [6.45, 7) is 8.90. The molecule has 1 amide bonds. The lowest BCUT2D eigenvalue weighted by atomic mass is 10.1. The fourth-order valence-electron chi connectivity index (χ4n) is 3.05. The number of nitrogens with one attached hydrogen (secondary N) is 1. The predicted molar refractivity (Wildman–Crippen MR) is 108 cm³/mol. The highest BCUT2D eigenvalue weighted by Crippen LogP contribution is 2.23. The monoisotopic (exact) mass is 401 g/mol. The van der Waals surface area contributed by atoms with Crippen molar-refractivity contribution in [2.75, 3.05) is 0 Å². The highest BCUT2D eigenvalue weighted by molar-refractivity contribution is 6.30. The van der Waals surface area contributed by atoms with E-state index in [1.807, 2.05) is 44.5 Å². The van der Waals surface area contributed by atoms with Crippen molar-refractivity contribution >= 4 is 17.5 Å². The van der Waals surface area contributed by atoms with Gasteiger partial charge in [0.15, 0.2) is 5.76 Å². The van der Waals surface area contributed by atoms with Crippen LogP contribution in [0.2, 0.25) is 5.02 Å². The molecule has 2 aromatic heterocycles. The number of amides is 1. The van der Waals surface area contributed by atoms with E-state index in [0.717, 1.165) is 29.1 Å². The summed E-state index contributed by atoms with van der Waals surface area (Å²) < 4.78 is 13.3. The van der Waals surface area contributed by atoms with Gasteiger partial charge in [-0.15, -0.1) is 0 Å². The summed E-state index contributed by atoms with van der Waals surface area (Å²) in [7, 11) is 0. The fourth-order valence-corrected chi connectivity index (χ4v) is 3.28. The van der Waals surface area contributed by atoms with E-state index in [0.29, 0.717) is 10.8 Å². The van der Waals surface area contributed by atoms with E-state index in [1.54, 1.807) is 24.4 Å². The molecule has 1 unspecified atom stereocenters. The zero-order valence-electron chi connectivity index (χ0n) is 16.5. The molecule has 148 valence electrons. The highest BCUT2D eigenvalue weighted by atomic mass is 35.5. The number of benzene rings is 1. The first kappa shape index (κ1) is 20.0. The van der Waals surface area contributed by atoms with Gasteiger partial charge >= 0.3 is 0 Å². The zero-order chi connectivity index (χ0) is 20.3. The predicted octanol–water partition coefficient (Wildman–Crippen LogP) is 4.84. The van der Waals surface area contributed by atoms with Crippen LogP contribution < -0.4 is 10.1 Å². The van der Waals surface area contributed by atoms with Crippen molar-refractivity contribution in [3.8, 4) is 5.75 Å². The molecule has 0 aliphatic carbocycles. The third kappa shape index (κ3) is 4.39. The van der Waals surface area contributed by atoms with Crippen LogP contribution in [0.15, 0.2) is 40.9 Å². The Kier molecular flexibility index (Phi) is 6.09. The number of aryl methyl sites for hydroxylation is 2. The third-order valence-corrected chi connectivity index (χ3v) is 4.88. The lowest BCUT2D eigenvalue weighted by Gasteiger charge is -2.13. The smallest absolute Gasteiger partial charge is 0.287 e. The van der Waals surface area contributed by atoms with Gasteiger partial charge in [0.1, 0.15) is 18.1 Å². The van der Waals surface area contributed by atoms with Crippen LogP contribution in [0.25, 0.3) is 0 Å². The Hall–Kier alpha value is -2.73. The number of carbonyl (C=O) groups excluding carboxylic acids is 1. The van der Waals surface area contributed by atoms with Gasteiger partial charge in [-0.1, -0.05) is 11.6 Å². The highest BCUT2D eigenvalue weighted by Gasteiger charge is 2.18. The topological polar surface area (TPSA) is 69.3 Å². The first-order chi connectivity index (χ1) is 13.4. The molecule has 28 heavy (non-hydrogen) atoms. The van der Waals surface area contributed by atoms with Crippen molar-refractivity contribution in [1.29, 1.82) is 0 Å². The number of rotatable bonds is 7. The van der Waals surface area contributed by atoms with Crippen LogP contribution in [-0.4, -0.2) is 15.7 Å². The Bertz CT molecular complexity index is 977. The van der Waals surface area contributed by atoms with Crippen LogP contribution in [-0.2, 0) is 13.2 Å². The number of carbonyl (C=O) groups is 1. The van der Waals surface area contributed by atoms with Gasteiger partial charge < -0.3 is 14.5 Å². The molecule has 3 aromatic rings. The quantitative estimate of drug-likeness (QED) is 0.615. The second kappa shape index (κ2) is 8.52. The molecule has 0 saturated heterocycles. The van der Waals surface area contributed by atoms with Gasteiger partial charge in [0.05, 0.1) is 12.2 Å². The average Bonchev–Trinajstić information content (AvgIpc) is 3.27. The molecule has 0 saturated carbocycles. The third-order valence-electron chi connectivity index (χ3n) is 4.65. The minimum atomic E-state index is -0.273. The van der Waals surface area contributed by atoms with Crippen molar-refractivity contribution in [3.63, 3.8) is 0 Å². The second-order valence-electron chi connectivity index (χ2n) is 6.66. The Morgan fingerprint density at radius 3 is 2.79 bits per heavy atom. The molecule has 2 heterocycles. The molecule has 0 radical (unpaired) electrons. The first-order valence-corrected chi connectivity index (χ1v) is 9.57. The number of ether oxygens (including phenoxy) is 1. The maximum absolute atomic E-state index is 12.5. The zero-order valence-corrected chi connectivity index (χ0v) is 17.2. The van der Waals surface area contributed by atoms with Crippen LogP contribution in [0, 0.1) is 13.8 Å². The molecule has 0 spiro atoms. The van der Waals surface area contributed by atoms with Gasteiger partial charge in [-0.2, -0.15) is 5.10 Å². The van der Waals surface area contributed by atoms with Gasteiger partial charge in [-0.05, 0) is 63.6 Å². The molecule has 6 nitrogen and oxygen atoms in total. The maximum atomic E-state index is 12.5. The van der Waals surface area contributed by atoms with Crippen molar-refractivity contribution in [1.82, 2.24) is 15.1 Å². The SMILES string of the molecule is CCn1ncc(C(C)NC(=O)c2ccc(COc3ccc(Cl)cc3C)o2)c1C. The first-order valence-electron chi connectivity index (χ1n) is 9.19. The largest absolute Gasteiger partial charge is 0.485 e. The number of nitrogens with zero attached hydrogens (tertiary/aromatic N) is 2. The van der Waals surface area contributed by atoms with E-state index >= 15 is 0 Å². The summed E-state index contributed by atoms with van der Waals surface area (Å²) in [4.78, 5) is 12.5. The molecular formula is C21H24ClN3O3. The van der Waals surface area contributed by atoms with Crippen LogP contribution in [0.1, 0.15) is 53.0 Å². The molecule has 0 bridgehead atoms. The van der Waals surface area contributed by atoms with Gasteiger partial charge in [0, 0.05) is 22.8 Å². The summed E-state index contributed by atoms with van der Waals surface area (Å²) in [6.07, 6.45) is 1.79. The van der Waals surface area contributed by atoms with E-state index in [1.165, 1.54) is 0 Å². The minimum Gasteiger partial charge on any atom is -0.485 e. The summed E-state index contributed by atoms with van der Waals surface area (Å²) in [5.41, 5.74) is 2.97. The van der Waals surface area contributed by atoms with E-state index in [2.05, 4.69) is 10.4 Å². The average molecular weight is 402 g/mol. The van der Waals surface area contributed by atoms with Crippen molar-refractivity contribution in [3.05, 3.63) is 69.9 Å². The molecule has 0 fully saturated rings. The standard InChI is InChI=1S/C21H24ClN3O3/c1-5-25-15(4)18(11-23-25)14(3)24-21(26)20-9-7-17(28-20)12-27-19-8-6-16(22)10-13(19)2/h6-11,14H,5,12H2,1-4H3,(H,24,26). The lowest BCUT2D eigenvalue weighted by Crippen LogP contribution is -2.26. The van der Waals surface area contributed by atoms with Crippen LogP contribution in [0.3, 0.4) is 0 Å². The Morgan fingerprint density at radius 1 is 1.32 bits per heavy atom. The van der Waals surface area contributed by atoms with Crippen LogP contribution >= 0.6 is 11.6 Å². The lowest BCUT2D eigenvalue weighted by molar-refractivity contribution is 0.0907. The Labute approximate surface area is 169 Å². The molecular weight excluding hydrogens is 378 g/mol. The van der Waals surface area contributed by atoms with E-state index in [-0.39, 0.29) is 24.3 Å². The van der Waals surface area contributed by atoms with Gasteiger partial charge in [-0.25, -0.2) is 0 Å². The van der Waals surface area contributed by atoms with Gasteiger partial charge in [0.2, 0.25) is 0 Å². The van der Waals surface area contributed by atoms with Crippen LogP contribution in [0.4, 0.5) is 0 Å². The van der Waals surface area contributed by atoms with Gasteiger partial charge in [0.25, 0.3) is 5.91 Å². The Morgan fingerprint density at radius 2 is 2.11 bits per heavy atom. The number of furan rings is 1. The molecule has 0 aliphatic heterocycles. The van der Waals surface area contributed by atoms with E-state index in [9.17, 15) is 4.79 Å². The van der Waals surface area contributed by atoms with Gasteiger partial charge in [-0.3, -0.25) is 9.48 Å².